The number of aromatic nitrogens is 4. The summed E-state index contributed by atoms with van der Waals surface area (Å²) in [4.78, 5) is 4.85. The summed E-state index contributed by atoms with van der Waals surface area (Å²) < 4.78 is 15.8. The van der Waals surface area contributed by atoms with Crippen molar-refractivity contribution in [2.45, 2.75) is 0 Å². The molecule has 0 aliphatic rings. The van der Waals surface area contributed by atoms with Crippen molar-refractivity contribution in [3.8, 4) is 10.7 Å². The first kappa shape index (κ1) is 11.7. The molecule has 3 heterocycles. The van der Waals surface area contributed by atoms with Crippen molar-refractivity contribution in [1.29, 1.82) is 0 Å². The molecular formula is C13H6ClFN4S. The largest absolute Gasteiger partial charge is 0.262 e. The molecule has 20 heavy (non-hydrogen) atoms. The topological polar surface area (TPSA) is 43.1 Å². The highest BCUT2D eigenvalue weighted by molar-refractivity contribution is 7.22. The maximum absolute atomic E-state index is 13.2. The summed E-state index contributed by atoms with van der Waals surface area (Å²) in [6.45, 7) is 0. The van der Waals surface area contributed by atoms with Crippen LogP contribution in [0.15, 0.2) is 36.7 Å². The average molecular weight is 305 g/mol. The van der Waals surface area contributed by atoms with Gasteiger partial charge in [-0.1, -0.05) is 17.7 Å². The molecule has 7 heteroatoms. The zero-order valence-corrected chi connectivity index (χ0v) is 11.5. The number of nitrogens with zero attached hydrogens (tertiary/aromatic N) is 4. The molecule has 0 amide bonds. The number of hydrogen-bond donors (Lipinski definition) is 0. The molecule has 0 fully saturated rings. The Hall–Kier alpha value is -2.05. The van der Waals surface area contributed by atoms with Gasteiger partial charge in [-0.3, -0.25) is 9.38 Å². The molecule has 0 unspecified atom stereocenters. The van der Waals surface area contributed by atoms with E-state index in [0.29, 0.717) is 16.6 Å². The summed E-state index contributed by atoms with van der Waals surface area (Å²) in [5.74, 6) is 0.383. The molecule has 0 atom stereocenters. The SMILES string of the molecule is Fc1ccc2cc(-c3nnc4cncc(Cl)n34)sc2c1. The molecule has 3 aromatic heterocycles. The van der Waals surface area contributed by atoms with Crippen molar-refractivity contribution in [2.24, 2.45) is 0 Å². The minimum atomic E-state index is -0.251. The van der Waals surface area contributed by atoms with E-state index in [4.69, 9.17) is 11.6 Å². The zero-order valence-electron chi connectivity index (χ0n) is 9.92. The fourth-order valence-electron chi connectivity index (χ4n) is 2.09. The van der Waals surface area contributed by atoms with Gasteiger partial charge in [-0.05, 0) is 23.6 Å². The second-order valence-electron chi connectivity index (χ2n) is 4.24. The van der Waals surface area contributed by atoms with E-state index in [0.717, 1.165) is 15.0 Å². The molecule has 0 saturated carbocycles. The number of hydrogen-bond acceptors (Lipinski definition) is 4. The van der Waals surface area contributed by atoms with E-state index in [1.807, 2.05) is 6.07 Å². The van der Waals surface area contributed by atoms with E-state index >= 15 is 0 Å². The van der Waals surface area contributed by atoms with Crippen LogP contribution >= 0.6 is 22.9 Å². The van der Waals surface area contributed by atoms with Crippen LogP contribution < -0.4 is 0 Å². The van der Waals surface area contributed by atoms with Crippen LogP contribution in [-0.4, -0.2) is 19.6 Å². The Morgan fingerprint density at radius 3 is 2.95 bits per heavy atom. The van der Waals surface area contributed by atoms with E-state index in [2.05, 4.69) is 15.2 Å². The molecular weight excluding hydrogens is 299 g/mol. The van der Waals surface area contributed by atoms with E-state index in [1.54, 1.807) is 16.7 Å². The zero-order chi connectivity index (χ0) is 13.7. The third-order valence-electron chi connectivity index (χ3n) is 2.98. The second kappa shape index (κ2) is 4.22. The summed E-state index contributed by atoms with van der Waals surface area (Å²) >= 11 is 7.59. The monoisotopic (exact) mass is 304 g/mol. The third-order valence-corrected chi connectivity index (χ3v) is 4.34. The van der Waals surface area contributed by atoms with E-state index < -0.39 is 0 Å². The van der Waals surface area contributed by atoms with Crippen LogP contribution in [0.1, 0.15) is 0 Å². The van der Waals surface area contributed by atoms with Gasteiger partial charge >= 0.3 is 0 Å². The number of thiophene rings is 1. The van der Waals surface area contributed by atoms with Crippen molar-refractivity contribution < 1.29 is 4.39 Å². The number of fused-ring (bicyclic) bond motifs is 2. The quantitative estimate of drug-likeness (QED) is 0.537. The molecule has 4 rings (SSSR count). The smallest absolute Gasteiger partial charge is 0.180 e. The van der Waals surface area contributed by atoms with Gasteiger partial charge in [0.2, 0.25) is 0 Å². The van der Waals surface area contributed by atoms with Crippen LogP contribution in [-0.2, 0) is 0 Å². The Morgan fingerprint density at radius 2 is 2.05 bits per heavy atom. The molecule has 1 aromatic carbocycles. The van der Waals surface area contributed by atoms with Crippen LogP contribution in [0.3, 0.4) is 0 Å². The maximum atomic E-state index is 13.2. The van der Waals surface area contributed by atoms with Crippen LogP contribution in [0.25, 0.3) is 26.4 Å². The highest BCUT2D eigenvalue weighted by atomic mass is 35.5. The maximum Gasteiger partial charge on any atom is 0.180 e. The predicted molar refractivity (Wildman–Crippen MR) is 76.6 cm³/mol. The average Bonchev–Trinajstić information content (AvgIpc) is 3.01. The van der Waals surface area contributed by atoms with E-state index in [-0.39, 0.29) is 5.82 Å². The molecule has 98 valence electrons. The van der Waals surface area contributed by atoms with Crippen LogP contribution in [0, 0.1) is 5.82 Å². The van der Waals surface area contributed by atoms with Crippen LogP contribution in [0.4, 0.5) is 4.39 Å². The van der Waals surface area contributed by atoms with Gasteiger partial charge < -0.3 is 0 Å². The minimum absolute atomic E-state index is 0.251. The van der Waals surface area contributed by atoms with Gasteiger partial charge in [0.05, 0.1) is 17.3 Å². The first-order valence-electron chi connectivity index (χ1n) is 5.76. The van der Waals surface area contributed by atoms with Gasteiger partial charge in [-0.25, -0.2) is 4.39 Å². The molecule has 0 saturated heterocycles. The predicted octanol–water partition coefficient (Wildman–Crippen LogP) is 3.80. The van der Waals surface area contributed by atoms with E-state index in [9.17, 15) is 4.39 Å². The summed E-state index contributed by atoms with van der Waals surface area (Å²) in [7, 11) is 0. The fraction of sp³-hybridized carbons (Fsp3) is 0. The van der Waals surface area contributed by atoms with E-state index in [1.165, 1.54) is 29.7 Å². The Balaban J connectivity index is 2.01. The van der Waals surface area contributed by atoms with Crippen molar-refractivity contribution in [3.63, 3.8) is 0 Å². The van der Waals surface area contributed by atoms with Gasteiger partial charge in [-0.2, -0.15) is 0 Å². The normalized spacial score (nSPS) is 11.5. The standard InChI is InChI=1S/C13H6ClFN4S/c14-11-5-16-6-12-17-18-13(19(11)12)10-3-7-1-2-8(15)4-9(7)20-10/h1-6H. The Labute approximate surface area is 121 Å². The van der Waals surface area contributed by atoms with Crippen molar-refractivity contribution in [3.05, 3.63) is 47.6 Å². The lowest BCUT2D eigenvalue weighted by atomic mass is 10.2. The summed E-state index contributed by atoms with van der Waals surface area (Å²) in [6, 6.07) is 6.65. The molecule has 4 nitrogen and oxygen atoms in total. The highest BCUT2D eigenvalue weighted by Crippen LogP contribution is 2.33. The lowest BCUT2D eigenvalue weighted by Gasteiger charge is -1.98. The Kier molecular flexibility index (Phi) is 2.48. The first-order chi connectivity index (χ1) is 9.72. The number of benzene rings is 1. The van der Waals surface area contributed by atoms with Gasteiger partial charge in [0, 0.05) is 4.70 Å². The molecule has 0 spiro atoms. The summed E-state index contributed by atoms with van der Waals surface area (Å²) in [5.41, 5.74) is 0.580. The second-order valence-corrected chi connectivity index (χ2v) is 5.71. The van der Waals surface area contributed by atoms with Crippen molar-refractivity contribution in [2.75, 3.05) is 0 Å². The molecule has 0 aliphatic heterocycles. The lowest BCUT2D eigenvalue weighted by molar-refractivity contribution is 0.630. The fourth-order valence-corrected chi connectivity index (χ4v) is 3.37. The molecule has 0 aliphatic carbocycles. The number of halogens is 2. The molecule has 0 bridgehead atoms. The summed E-state index contributed by atoms with van der Waals surface area (Å²) in [5, 5.41) is 9.59. The lowest BCUT2D eigenvalue weighted by Crippen LogP contribution is -1.90. The van der Waals surface area contributed by atoms with Crippen LogP contribution in [0.5, 0.6) is 0 Å². The van der Waals surface area contributed by atoms with Gasteiger partial charge in [0.15, 0.2) is 11.5 Å². The van der Waals surface area contributed by atoms with Crippen LogP contribution in [0.2, 0.25) is 5.15 Å². The van der Waals surface area contributed by atoms with Gasteiger partial charge in [-0.15, -0.1) is 21.5 Å². The highest BCUT2D eigenvalue weighted by Gasteiger charge is 2.14. The summed E-state index contributed by atoms with van der Waals surface area (Å²) in [6.07, 6.45) is 3.13. The minimum Gasteiger partial charge on any atom is -0.262 e. The molecule has 0 radical (unpaired) electrons. The Morgan fingerprint density at radius 1 is 1.15 bits per heavy atom. The van der Waals surface area contributed by atoms with Crippen molar-refractivity contribution in [1.82, 2.24) is 19.6 Å². The molecule has 4 aromatic rings. The van der Waals surface area contributed by atoms with Gasteiger partial charge in [0.1, 0.15) is 11.0 Å². The van der Waals surface area contributed by atoms with Gasteiger partial charge in [0.25, 0.3) is 0 Å². The number of rotatable bonds is 1. The third kappa shape index (κ3) is 1.69. The Bertz CT molecular complexity index is 946. The van der Waals surface area contributed by atoms with Crippen molar-refractivity contribution >= 4 is 38.7 Å². The molecule has 0 N–H and O–H groups in total. The first-order valence-corrected chi connectivity index (χ1v) is 6.96.